The van der Waals surface area contributed by atoms with Gasteiger partial charge in [0.1, 0.15) is 11.6 Å². The fourth-order valence-corrected chi connectivity index (χ4v) is 2.03. The Kier molecular flexibility index (Phi) is 4.39. The van der Waals surface area contributed by atoms with Gasteiger partial charge in [-0.25, -0.2) is 8.78 Å². The molecule has 1 N–H and O–H groups in total. The minimum atomic E-state index is -0.721. The molecule has 108 valence electrons. The fourth-order valence-electron chi connectivity index (χ4n) is 2.03. The van der Waals surface area contributed by atoms with Gasteiger partial charge in [0, 0.05) is 26.2 Å². The van der Waals surface area contributed by atoms with Gasteiger partial charge in [0.05, 0.1) is 23.0 Å². The molecule has 0 amide bonds. The largest absolute Gasteiger partial charge is 0.379 e. The maximum atomic E-state index is 13.8. The summed E-state index contributed by atoms with van der Waals surface area (Å²) >= 11 is 0. The standard InChI is InChI=1S/C16H15F2N3/c1-21(2)16-6-4-3-5-15(16)20-10-12-13(17)7-11(9-19)8-14(12)18/h3-8,20H,10H2,1-2H3. The Balaban J connectivity index is 2.24. The molecule has 0 fully saturated rings. The lowest BCUT2D eigenvalue weighted by Crippen LogP contribution is -2.13. The molecule has 2 aromatic carbocycles. The third-order valence-corrected chi connectivity index (χ3v) is 3.11. The first-order valence-electron chi connectivity index (χ1n) is 6.41. The molecule has 2 rings (SSSR count). The molecule has 5 heteroatoms. The van der Waals surface area contributed by atoms with E-state index in [2.05, 4.69) is 5.32 Å². The van der Waals surface area contributed by atoms with E-state index in [9.17, 15) is 8.78 Å². The van der Waals surface area contributed by atoms with E-state index in [0.717, 1.165) is 23.5 Å². The molecule has 0 aliphatic heterocycles. The van der Waals surface area contributed by atoms with E-state index in [1.54, 1.807) is 6.07 Å². The highest BCUT2D eigenvalue weighted by Gasteiger charge is 2.12. The Morgan fingerprint density at radius 2 is 1.76 bits per heavy atom. The van der Waals surface area contributed by atoms with E-state index in [1.165, 1.54) is 0 Å². The Labute approximate surface area is 122 Å². The van der Waals surface area contributed by atoms with Crippen molar-refractivity contribution in [3.8, 4) is 6.07 Å². The van der Waals surface area contributed by atoms with Crippen LogP contribution in [0.1, 0.15) is 11.1 Å². The zero-order valence-corrected chi connectivity index (χ0v) is 11.8. The number of benzene rings is 2. The van der Waals surface area contributed by atoms with Crippen LogP contribution in [0, 0.1) is 23.0 Å². The molecule has 3 nitrogen and oxygen atoms in total. The molecule has 0 radical (unpaired) electrons. The average molecular weight is 287 g/mol. The van der Waals surface area contributed by atoms with Crippen LogP contribution in [-0.2, 0) is 6.54 Å². The smallest absolute Gasteiger partial charge is 0.132 e. The van der Waals surface area contributed by atoms with Crippen LogP contribution in [0.25, 0.3) is 0 Å². The van der Waals surface area contributed by atoms with E-state index in [-0.39, 0.29) is 17.7 Å². The van der Waals surface area contributed by atoms with Gasteiger partial charge in [-0.05, 0) is 24.3 Å². The molecule has 0 aliphatic rings. The molecule has 0 bridgehead atoms. The lowest BCUT2D eigenvalue weighted by atomic mass is 10.1. The molecular formula is C16H15F2N3. The number of nitrogens with one attached hydrogen (secondary N) is 1. The predicted octanol–water partition coefficient (Wildman–Crippen LogP) is 3.51. The van der Waals surface area contributed by atoms with Crippen molar-refractivity contribution in [1.29, 1.82) is 5.26 Å². The lowest BCUT2D eigenvalue weighted by molar-refractivity contribution is 0.559. The van der Waals surface area contributed by atoms with E-state index in [4.69, 9.17) is 5.26 Å². The maximum absolute atomic E-state index is 13.8. The predicted molar refractivity (Wildman–Crippen MR) is 79.2 cm³/mol. The van der Waals surface area contributed by atoms with Crippen LogP contribution >= 0.6 is 0 Å². The third kappa shape index (κ3) is 3.29. The van der Waals surface area contributed by atoms with E-state index >= 15 is 0 Å². The highest BCUT2D eigenvalue weighted by Crippen LogP contribution is 2.25. The molecule has 0 spiro atoms. The Morgan fingerprint density at radius 3 is 2.33 bits per heavy atom. The number of nitriles is 1. The molecule has 0 aromatic heterocycles. The van der Waals surface area contributed by atoms with Gasteiger partial charge in [-0.3, -0.25) is 0 Å². The van der Waals surface area contributed by atoms with Gasteiger partial charge in [0.15, 0.2) is 0 Å². The van der Waals surface area contributed by atoms with Gasteiger partial charge in [0.2, 0.25) is 0 Å². The topological polar surface area (TPSA) is 39.1 Å². The van der Waals surface area contributed by atoms with Crippen molar-refractivity contribution in [3.63, 3.8) is 0 Å². The van der Waals surface area contributed by atoms with Crippen LogP contribution < -0.4 is 10.2 Å². The second kappa shape index (κ2) is 6.23. The summed E-state index contributed by atoms with van der Waals surface area (Å²) < 4.78 is 27.6. The second-order valence-electron chi connectivity index (χ2n) is 4.80. The summed E-state index contributed by atoms with van der Waals surface area (Å²) in [6.45, 7) is 0.00816. The number of hydrogen-bond donors (Lipinski definition) is 1. The van der Waals surface area contributed by atoms with Crippen molar-refractivity contribution in [2.24, 2.45) is 0 Å². The zero-order chi connectivity index (χ0) is 15.4. The van der Waals surface area contributed by atoms with Crippen molar-refractivity contribution in [3.05, 3.63) is 59.2 Å². The number of rotatable bonds is 4. The number of nitrogens with zero attached hydrogens (tertiary/aromatic N) is 2. The van der Waals surface area contributed by atoms with Gasteiger partial charge in [-0.1, -0.05) is 12.1 Å². The van der Waals surface area contributed by atoms with Gasteiger partial charge in [-0.2, -0.15) is 5.26 Å². The van der Waals surface area contributed by atoms with Crippen molar-refractivity contribution in [1.82, 2.24) is 0 Å². The van der Waals surface area contributed by atoms with Crippen LogP contribution in [0.3, 0.4) is 0 Å². The molecule has 0 aliphatic carbocycles. The summed E-state index contributed by atoms with van der Waals surface area (Å²) in [6.07, 6.45) is 0. The van der Waals surface area contributed by atoms with Crippen LogP contribution in [0.2, 0.25) is 0 Å². The highest BCUT2D eigenvalue weighted by atomic mass is 19.1. The van der Waals surface area contributed by atoms with Gasteiger partial charge in [-0.15, -0.1) is 0 Å². The van der Waals surface area contributed by atoms with Gasteiger partial charge < -0.3 is 10.2 Å². The van der Waals surface area contributed by atoms with E-state index in [1.807, 2.05) is 43.3 Å². The Bertz CT molecular complexity index is 667. The molecule has 0 atom stereocenters. The van der Waals surface area contributed by atoms with Gasteiger partial charge >= 0.3 is 0 Å². The summed E-state index contributed by atoms with van der Waals surface area (Å²) in [5.74, 6) is -1.44. The summed E-state index contributed by atoms with van der Waals surface area (Å²) in [5.41, 5.74) is 1.60. The molecular weight excluding hydrogens is 272 g/mol. The number of anilines is 2. The highest BCUT2D eigenvalue weighted by molar-refractivity contribution is 5.69. The van der Waals surface area contributed by atoms with Gasteiger partial charge in [0.25, 0.3) is 0 Å². The molecule has 0 saturated heterocycles. The normalized spacial score (nSPS) is 10.0. The average Bonchev–Trinajstić information content (AvgIpc) is 2.46. The molecule has 2 aromatic rings. The van der Waals surface area contributed by atoms with Crippen LogP contribution in [0.5, 0.6) is 0 Å². The monoisotopic (exact) mass is 287 g/mol. The van der Waals surface area contributed by atoms with Crippen molar-refractivity contribution < 1.29 is 8.78 Å². The second-order valence-corrected chi connectivity index (χ2v) is 4.80. The minimum absolute atomic E-state index is 0.00816. The first-order chi connectivity index (χ1) is 10.0. The van der Waals surface area contributed by atoms with Crippen LogP contribution in [-0.4, -0.2) is 14.1 Å². The number of para-hydroxylation sites is 2. The lowest BCUT2D eigenvalue weighted by Gasteiger charge is -2.18. The zero-order valence-electron chi connectivity index (χ0n) is 11.8. The Hall–Kier alpha value is -2.61. The van der Waals surface area contributed by atoms with E-state index in [0.29, 0.717) is 0 Å². The summed E-state index contributed by atoms with van der Waals surface area (Å²) in [4.78, 5) is 1.91. The summed E-state index contributed by atoms with van der Waals surface area (Å²) in [6, 6.07) is 11.3. The van der Waals surface area contributed by atoms with Crippen molar-refractivity contribution in [2.45, 2.75) is 6.54 Å². The number of halogens is 2. The summed E-state index contributed by atoms with van der Waals surface area (Å²) in [7, 11) is 3.78. The summed E-state index contributed by atoms with van der Waals surface area (Å²) in [5, 5.41) is 11.7. The van der Waals surface area contributed by atoms with Crippen molar-refractivity contribution >= 4 is 11.4 Å². The van der Waals surface area contributed by atoms with Crippen LogP contribution in [0.4, 0.5) is 20.2 Å². The Morgan fingerprint density at radius 1 is 1.14 bits per heavy atom. The number of hydrogen-bond acceptors (Lipinski definition) is 3. The molecule has 21 heavy (non-hydrogen) atoms. The van der Waals surface area contributed by atoms with E-state index < -0.39 is 11.6 Å². The first-order valence-corrected chi connectivity index (χ1v) is 6.41. The molecule has 0 saturated carbocycles. The first kappa shape index (κ1) is 14.8. The SMILES string of the molecule is CN(C)c1ccccc1NCc1c(F)cc(C#N)cc1F. The third-order valence-electron chi connectivity index (χ3n) is 3.11. The quantitative estimate of drug-likeness (QED) is 0.935. The maximum Gasteiger partial charge on any atom is 0.132 e. The fraction of sp³-hybridized carbons (Fsp3) is 0.188. The molecule has 0 heterocycles. The minimum Gasteiger partial charge on any atom is -0.379 e. The molecule has 0 unspecified atom stereocenters. The van der Waals surface area contributed by atoms with Crippen molar-refractivity contribution in [2.75, 3.05) is 24.3 Å². The van der Waals surface area contributed by atoms with Crippen LogP contribution in [0.15, 0.2) is 36.4 Å².